The molecule has 6 nitrogen and oxygen atoms in total. The zero-order valence-corrected chi connectivity index (χ0v) is 15.3. The second-order valence-electron chi connectivity index (χ2n) is 5.69. The molecule has 0 saturated carbocycles. The van der Waals surface area contributed by atoms with Crippen molar-refractivity contribution in [2.24, 2.45) is 0 Å². The average molecular weight is 368 g/mol. The van der Waals surface area contributed by atoms with Gasteiger partial charge in [0.05, 0.1) is 11.4 Å². The minimum atomic E-state index is -0.309. The molecule has 0 unspecified atom stereocenters. The van der Waals surface area contributed by atoms with E-state index in [1.807, 2.05) is 41.8 Å². The van der Waals surface area contributed by atoms with E-state index in [9.17, 15) is 9.59 Å². The monoisotopic (exact) mass is 368 g/mol. The van der Waals surface area contributed by atoms with Crippen molar-refractivity contribution in [1.29, 1.82) is 0 Å². The van der Waals surface area contributed by atoms with E-state index in [4.69, 9.17) is 0 Å². The lowest BCUT2D eigenvalue weighted by Crippen LogP contribution is -2.34. The Hall–Kier alpha value is -2.93. The lowest BCUT2D eigenvalue weighted by atomic mass is 10.1. The highest BCUT2D eigenvalue weighted by Crippen LogP contribution is 2.20. The van der Waals surface area contributed by atoms with Crippen LogP contribution in [0.5, 0.6) is 0 Å². The fraction of sp³-hybridized carbons (Fsp3) is 0.211. The molecule has 0 bridgehead atoms. The van der Waals surface area contributed by atoms with Crippen molar-refractivity contribution in [2.75, 3.05) is 11.9 Å². The van der Waals surface area contributed by atoms with Crippen LogP contribution in [-0.2, 0) is 13.0 Å². The van der Waals surface area contributed by atoms with Crippen LogP contribution in [0.25, 0.3) is 10.6 Å². The molecule has 0 aliphatic rings. The summed E-state index contributed by atoms with van der Waals surface area (Å²) in [4.78, 5) is 24.9. The van der Waals surface area contributed by atoms with Crippen LogP contribution in [0, 0.1) is 0 Å². The molecule has 1 aromatic carbocycles. The number of benzene rings is 1. The molecule has 0 spiro atoms. The second kappa shape index (κ2) is 8.44. The minimum Gasteiger partial charge on any atom is -0.336 e. The number of thiophene rings is 1. The quantitative estimate of drug-likeness (QED) is 0.700. The van der Waals surface area contributed by atoms with Crippen molar-refractivity contribution < 1.29 is 4.79 Å². The Morgan fingerprint density at radius 3 is 2.65 bits per heavy atom. The van der Waals surface area contributed by atoms with E-state index in [2.05, 4.69) is 22.7 Å². The van der Waals surface area contributed by atoms with Crippen LogP contribution in [0.1, 0.15) is 12.5 Å². The van der Waals surface area contributed by atoms with Crippen LogP contribution >= 0.6 is 11.3 Å². The molecule has 0 saturated heterocycles. The molecule has 0 aliphatic carbocycles. The Labute approximate surface area is 155 Å². The first-order valence-corrected chi connectivity index (χ1v) is 9.29. The summed E-state index contributed by atoms with van der Waals surface area (Å²) < 4.78 is 1.37. The van der Waals surface area contributed by atoms with E-state index in [1.54, 1.807) is 17.4 Å². The number of hydrogen-bond donors (Lipinski definition) is 2. The summed E-state index contributed by atoms with van der Waals surface area (Å²) in [5, 5.41) is 11.8. The highest BCUT2D eigenvalue weighted by Gasteiger charge is 2.06. The number of nitrogens with zero attached hydrogens (tertiary/aromatic N) is 2. The van der Waals surface area contributed by atoms with E-state index in [1.165, 1.54) is 16.3 Å². The number of anilines is 1. The highest BCUT2D eigenvalue weighted by atomic mass is 32.1. The van der Waals surface area contributed by atoms with E-state index in [0.717, 1.165) is 22.7 Å². The van der Waals surface area contributed by atoms with Gasteiger partial charge < -0.3 is 10.6 Å². The van der Waals surface area contributed by atoms with Gasteiger partial charge in [-0.15, -0.1) is 11.3 Å². The van der Waals surface area contributed by atoms with Gasteiger partial charge in [0, 0.05) is 18.3 Å². The third kappa shape index (κ3) is 4.58. The zero-order valence-electron chi connectivity index (χ0n) is 14.4. The lowest BCUT2D eigenvalue weighted by molar-refractivity contribution is 0.251. The number of aromatic nitrogens is 2. The van der Waals surface area contributed by atoms with E-state index in [0.29, 0.717) is 13.1 Å². The van der Waals surface area contributed by atoms with Gasteiger partial charge in [-0.1, -0.05) is 25.1 Å². The van der Waals surface area contributed by atoms with Crippen LogP contribution in [0.2, 0.25) is 0 Å². The predicted octanol–water partition coefficient (Wildman–Crippen LogP) is 3.36. The predicted molar refractivity (Wildman–Crippen MR) is 105 cm³/mol. The third-order valence-corrected chi connectivity index (χ3v) is 4.76. The molecule has 2 N–H and O–H groups in total. The fourth-order valence-corrected chi connectivity index (χ4v) is 3.13. The third-order valence-electron chi connectivity index (χ3n) is 3.87. The first kappa shape index (κ1) is 17.9. The Bertz CT molecular complexity index is 917. The molecule has 2 amide bonds. The van der Waals surface area contributed by atoms with Crippen molar-refractivity contribution in [3.63, 3.8) is 0 Å². The Morgan fingerprint density at radius 1 is 1.15 bits per heavy atom. The minimum absolute atomic E-state index is 0.192. The van der Waals surface area contributed by atoms with Gasteiger partial charge in [0.2, 0.25) is 0 Å². The highest BCUT2D eigenvalue weighted by molar-refractivity contribution is 7.13. The number of urea groups is 1. The first-order chi connectivity index (χ1) is 12.7. The molecular weight excluding hydrogens is 348 g/mol. The molecule has 0 aliphatic heterocycles. The van der Waals surface area contributed by atoms with Crippen molar-refractivity contribution >= 4 is 23.1 Å². The Kier molecular flexibility index (Phi) is 5.80. The molecule has 3 aromatic rings. The largest absolute Gasteiger partial charge is 0.336 e. The van der Waals surface area contributed by atoms with E-state index >= 15 is 0 Å². The van der Waals surface area contributed by atoms with Gasteiger partial charge in [-0.25, -0.2) is 9.48 Å². The maximum Gasteiger partial charge on any atom is 0.319 e. The van der Waals surface area contributed by atoms with Crippen LogP contribution in [0.3, 0.4) is 0 Å². The second-order valence-corrected chi connectivity index (χ2v) is 6.64. The maximum atomic E-state index is 12.0. The Morgan fingerprint density at radius 2 is 1.96 bits per heavy atom. The molecule has 0 fully saturated rings. The van der Waals surface area contributed by atoms with E-state index < -0.39 is 0 Å². The standard InChI is InChI=1S/C19H20N4O2S/c1-2-14-5-7-15(8-6-14)21-19(25)20-11-12-23-18(24)10-9-16(22-23)17-4-3-13-26-17/h3-10,13H,2,11-12H2,1H3,(H2,20,21,25). The van der Waals surface area contributed by atoms with Crippen LogP contribution in [0.15, 0.2) is 58.7 Å². The summed E-state index contributed by atoms with van der Waals surface area (Å²) in [6.45, 7) is 2.69. The molecule has 2 aromatic heterocycles. The van der Waals surface area contributed by atoms with Gasteiger partial charge >= 0.3 is 6.03 Å². The van der Waals surface area contributed by atoms with Crippen LogP contribution in [0.4, 0.5) is 10.5 Å². The molecule has 0 atom stereocenters. The molecule has 134 valence electrons. The summed E-state index contributed by atoms with van der Waals surface area (Å²) in [5.41, 5.74) is 2.50. The summed E-state index contributed by atoms with van der Waals surface area (Å²) in [6.07, 6.45) is 0.957. The molecule has 26 heavy (non-hydrogen) atoms. The summed E-state index contributed by atoms with van der Waals surface area (Å²) in [7, 11) is 0. The zero-order chi connectivity index (χ0) is 18.4. The number of nitrogens with one attached hydrogen (secondary N) is 2. The van der Waals surface area contributed by atoms with Crippen molar-refractivity contribution in [2.45, 2.75) is 19.9 Å². The number of hydrogen-bond acceptors (Lipinski definition) is 4. The number of aryl methyl sites for hydroxylation is 1. The van der Waals surface area contributed by atoms with Gasteiger partial charge in [-0.3, -0.25) is 4.79 Å². The number of rotatable bonds is 6. The molecule has 3 rings (SSSR count). The Balaban J connectivity index is 1.54. The van der Waals surface area contributed by atoms with Gasteiger partial charge in [-0.2, -0.15) is 5.10 Å². The van der Waals surface area contributed by atoms with Crippen molar-refractivity contribution in [1.82, 2.24) is 15.1 Å². The van der Waals surface area contributed by atoms with Gasteiger partial charge in [0.1, 0.15) is 5.69 Å². The summed E-state index contributed by atoms with van der Waals surface area (Å²) >= 11 is 1.57. The first-order valence-electron chi connectivity index (χ1n) is 8.41. The summed E-state index contributed by atoms with van der Waals surface area (Å²) in [5.74, 6) is 0. The summed E-state index contributed by atoms with van der Waals surface area (Å²) in [6, 6.07) is 14.5. The SMILES string of the molecule is CCc1ccc(NC(=O)NCCn2nc(-c3cccs3)ccc2=O)cc1. The van der Waals surface area contributed by atoms with Crippen LogP contribution in [-0.4, -0.2) is 22.4 Å². The maximum absolute atomic E-state index is 12.0. The molecule has 2 heterocycles. The van der Waals surface area contributed by atoms with Gasteiger partial charge in [0.15, 0.2) is 0 Å². The van der Waals surface area contributed by atoms with Gasteiger partial charge in [0.25, 0.3) is 5.56 Å². The normalized spacial score (nSPS) is 10.5. The van der Waals surface area contributed by atoms with Crippen molar-refractivity contribution in [3.8, 4) is 10.6 Å². The molecule has 0 radical (unpaired) electrons. The number of amides is 2. The van der Waals surface area contributed by atoms with Crippen molar-refractivity contribution in [3.05, 3.63) is 69.8 Å². The smallest absolute Gasteiger partial charge is 0.319 e. The number of carbonyl (C=O) groups is 1. The number of carbonyl (C=O) groups excluding carboxylic acids is 1. The molecular formula is C19H20N4O2S. The van der Waals surface area contributed by atoms with Crippen LogP contribution < -0.4 is 16.2 Å². The van der Waals surface area contributed by atoms with Gasteiger partial charge in [-0.05, 0) is 41.6 Å². The molecule has 7 heteroatoms. The lowest BCUT2D eigenvalue weighted by Gasteiger charge is -2.09. The fourth-order valence-electron chi connectivity index (χ4n) is 2.44. The topological polar surface area (TPSA) is 76.0 Å². The average Bonchev–Trinajstić information content (AvgIpc) is 3.18. The van der Waals surface area contributed by atoms with E-state index in [-0.39, 0.29) is 11.6 Å².